The molecule has 1 rings (SSSR count). The minimum atomic E-state index is -4.53. The molecule has 0 aromatic heterocycles. The number of carbonyl (C=O) groups is 2. The molecule has 0 aromatic carbocycles. The largest absolute Gasteiger partial charge is 1.00 e. The predicted octanol–water partition coefficient (Wildman–Crippen LogP) is -4.85. The van der Waals surface area contributed by atoms with Crippen LogP contribution in [-0.4, -0.2) is 41.7 Å². The second kappa shape index (κ2) is 5.60. The van der Waals surface area contributed by atoms with Crippen LogP contribution in [0.15, 0.2) is 0 Å². The third-order valence-electron chi connectivity index (χ3n) is 1.75. The molecule has 1 heterocycles. The Morgan fingerprint density at radius 2 is 2.31 bits per heavy atom. The van der Waals surface area contributed by atoms with E-state index < -0.39 is 34.6 Å². The zero-order valence-corrected chi connectivity index (χ0v) is 11.2. The van der Waals surface area contributed by atoms with E-state index in [1.54, 1.807) is 6.07 Å². The summed E-state index contributed by atoms with van der Waals surface area (Å²) in [6, 6.07) is 0.594. The van der Waals surface area contributed by atoms with Gasteiger partial charge in [-0.2, -0.15) is 13.7 Å². The molecule has 0 saturated carbocycles. The van der Waals surface area contributed by atoms with Crippen molar-refractivity contribution < 1.29 is 53.5 Å². The van der Waals surface area contributed by atoms with Crippen LogP contribution in [0.4, 0.5) is 0 Å². The van der Waals surface area contributed by atoms with Crippen molar-refractivity contribution in [2.45, 2.75) is 12.5 Å². The molecule has 0 radical (unpaired) electrons. The molecule has 0 aromatic rings. The molecule has 2 amide bonds. The van der Waals surface area contributed by atoms with E-state index in [9.17, 15) is 18.0 Å². The number of carbonyl (C=O) groups excluding carboxylic acids is 2. The zero-order valence-electron chi connectivity index (χ0n) is 9.37. The van der Waals surface area contributed by atoms with Gasteiger partial charge in [0.05, 0.1) is 12.6 Å². The molecule has 16 heavy (non-hydrogen) atoms. The summed E-state index contributed by atoms with van der Waals surface area (Å²) >= 11 is 0. The van der Waals surface area contributed by atoms with E-state index in [2.05, 4.69) is 5.32 Å². The maximum absolute atomic E-state index is 11.0. The van der Waals surface area contributed by atoms with Gasteiger partial charge in [0.25, 0.3) is 5.91 Å². The molecular formula is C6H8N3NaO5S. The molecule has 1 aliphatic heterocycles. The molecule has 10 heteroatoms. The Hall–Kier alpha value is -0.660. The normalized spacial score (nSPS) is 19.1. The third kappa shape index (κ3) is 3.43. The average Bonchev–Trinajstić information content (AvgIpc) is 2.09. The summed E-state index contributed by atoms with van der Waals surface area (Å²) in [5, 5.41) is 10.3. The fourth-order valence-electron chi connectivity index (χ4n) is 1.03. The van der Waals surface area contributed by atoms with Gasteiger partial charge in [0.2, 0.25) is 5.91 Å². The van der Waals surface area contributed by atoms with Crippen molar-refractivity contribution in [3.8, 4) is 6.07 Å². The second-order valence-electron chi connectivity index (χ2n) is 2.80. The Morgan fingerprint density at radius 3 is 2.69 bits per heavy atom. The van der Waals surface area contributed by atoms with Crippen molar-refractivity contribution >= 4 is 22.1 Å². The fraction of sp³-hybridized carbons (Fsp3) is 0.500. The fourth-order valence-corrected chi connectivity index (χ4v) is 1.72. The topological polar surface area (TPSA) is 128 Å². The van der Waals surface area contributed by atoms with Crippen molar-refractivity contribution in [2.24, 2.45) is 0 Å². The smallest absolute Gasteiger partial charge is 1.00 e. The molecular weight excluding hydrogens is 249 g/mol. The van der Waals surface area contributed by atoms with Crippen LogP contribution in [0.5, 0.6) is 0 Å². The van der Waals surface area contributed by atoms with Gasteiger partial charge in [0.1, 0.15) is 12.5 Å². The summed E-state index contributed by atoms with van der Waals surface area (Å²) in [6.45, 7) is -0.311. The monoisotopic (exact) mass is 257 g/mol. The van der Waals surface area contributed by atoms with Gasteiger partial charge < -0.3 is 6.74 Å². The van der Waals surface area contributed by atoms with Crippen LogP contribution in [0.2, 0.25) is 0 Å². The van der Waals surface area contributed by atoms with Crippen LogP contribution < -0.4 is 34.9 Å². The number of hydrogen-bond donors (Lipinski definition) is 2. The van der Waals surface area contributed by atoms with Crippen LogP contribution >= 0.6 is 0 Å². The predicted molar refractivity (Wildman–Crippen MR) is 46.5 cm³/mol. The first kappa shape index (κ1) is 15.3. The molecule has 1 fully saturated rings. The van der Waals surface area contributed by atoms with E-state index in [4.69, 9.17) is 9.81 Å². The van der Waals surface area contributed by atoms with E-state index in [1.165, 1.54) is 0 Å². The summed E-state index contributed by atoms with van der Waals surface area (Å²) in [7, 11) is -4.53. The van der Waals surface area contributed by atoms with E-state index in [0.717, 1.165) is 0 Å². The van der Waals surface area contributed by atoms with E-state index >= 15 is 0 Å². The first-order chi connectivity index (χ1) is 6.86. The maximum atomic E-state index is 11.0. The van der Waals surface area contributed by atoms with Gasteiger partial charge in [0, 0.05) is 0 Å². The van der Waals surface area contributed by atoms with Crippen molar-refractivity contribution in [3.05, 3.63) is 0 Å². The molecule has 1 atom stereocenters. The van der Waals surface area contributed by atoms with Crippen molar-refractivity contribution in [2.75, 3.05) is 6.54 Å². The Kier molecular flexibility index (Phi) is 5.37. The van der Waals surface area contributed by atoms with Crippen molar-refractivity contribution in [1.29, 1.82) is 5.26 Å². The number of nitrogens with one attached hydrogen (secondary N) is 1. The Labute approximate surface area is 115 Å². The summed E-state index contributed by atoms with van der Waals surface area (Å²) in [4.78, 5) is 21.9. The summed E-state index contributed by atoms with van der Waals surface area (Å²) in [6.07, 6.45) is -0.407. The number of nitriles is 1. The molecule has 0 spiro atoms. The van der Waals surface area contributed by atoms with Crippen LogP contribution in [0.1, 0.15) is 7.85 Å². The van der Waals surface area contributed by atoms with Gasteiger partial charge in [-0.1, -0.05) is 0 Å². The molecule has 0 bridgehead atoms. The molecule has 1 aliphatic rings. The second-order valence-corrected chi connectivity index (χ2v) is 4.14. The Morgan fingerprint density at radius 1 is 1.75 bits per heavy atom. The zero-order chi connectivity index (χ0) is 11.6. The van der Waals surface area contributed by atoms with Crippen LogP contribution in [0.25, 0.3) is 0 Å². The van der Waals surface area contributed by atoms with Gasteiger partial charge in [-0.25, -0.2) is 4.31 Å². The van der Waals surface area contributed by atoms with Crippen LogP contribution in [0, 0.1) is 11.3 Å². The summed E-state index contributed by atoms with van der Waals surface area (Å²) in [5.41, 5.74) is 0. The van der Waals surface area contributed by atoms with Crippen molar-refractivity contribution in [3.63, 3.8) is 0 Å². The molecule has 8 nitrogen and oxygen atoms in total. The Balaban J connectivity index is 0. The van der Waals surface area contributed by atoms with Gasteiger partial charge in [-0.3, -0.25) is 14.1 Å². The van der Waals surface area contributed by atoms with Crippen LogP contribution in [-0.2, 0) is 19.9 Å². The standard InChI is InChI=1S/C6H7N3O5S.Na.H/c7-2-1-5(10)8-4-3-9(6(4)11)15(12,13)14;;/h4H,1,3H2,(H,8,10)(H,12,13,14);;/q;+1;-1. The molecule has 1 saturated heterocycles. The van der Waals surface area contributed by atoms with E-state index in [-0.39, 0.29) is 41.8 Å². The number of nitrogens with zero attached hydrogens (tertiary/aromatic N) is 2. The maximum Gasteiger partial charge on any atom is 1.00 e. The quantitative estimate of drug-likeness (QED) is 0.296. The number of amides is 2. The first-order valence-corrected chi connectivity index (χ1v) is 5.21. The molecule has 2 N–H and O–H groups in total. The first-order valence-electron chi connectivity index (χ1n) is 3.81. The Bertz CT molecular complexity index is 447. The van der Waals surface area contributed by atoms with Gasteiger partial charge in [-0.15, -0.1) is 0 Å². The van der Waals surface area contributed by atoms with Gasteiger partial charge >= 0.3 is 39.9 Å². The molecule has 84 valence electrons. The van der Waals surface area contributed by atoms with E-state index in [1.807, 2.05) is 0 Å². The van der Waals surface area contributed by atoms with Crippen molar-refractivity contribution in [1.82, 2.24) is 9.62 Å². The van der Waals surface area contributed by atoms with Crippen LogP contribution in [0.3, 0.4) is 0 Å². The number of hydrogen-bond acceptors (Lipinski definition) is 5. The molecule has 1 unspecified atom stereocenters. The summed E-state index contributed by atoms with van der Waals surface area (Å²) < 4.78 is 29.7. The van der Waals surface area contributed by atoms with Gasteiger partial charge in [-0.05, 0) is 0 Å². The van der Waals surface area contributed by atoms with E-state index in [0.29, 0.717) is 0 Å². The van der Waals surface area contributed by atoms with Gasteiger partial charge in [0.15, 0.2) is 0 Å². The number of β-lactam (4-membered cyclic amide) rings is 1. The SMILES string of the molecule is N#CCC(=O)NC1CN(S(=O)(=O)O)C1=O.[H-].[Na+]. The minimum absolute atomic E-state index is 0. The third-order valence-corrected chi connectivity index (χ3v) is 2.63. The minimum Gasteiger partial charge on any atom is -1.00 e. The molecule has 0 aliphatic carbocycles. The number of rotatable bonds is 3. The average molecular weight is 257 g/mol. The summed E-state index contributed by atoms with van der Waals surface area (Å²) in [5.74, 6) is -1.57.